The molecule has 9 heteroatoms. The fourth-order valence-electron chi connectivity index (χ4n) is 3.76. The fraction of sp³-hybridized carbons (Fsp3) is 0.321. The maximum absolute atomic E-state index is 13.8. The molecule has 1 heterocycles. The number of benzene rings is 2. The first-order chi connectivity index (χ1) is 17.5. The molecule has 0 aliphatic carbocycles. The summed E-state index contributed by atoms with van der Waals surface area (Å²) in [6.45, 7) is 7.26. The molecule has 37 heavy (non-hydrogen) atoms. The van der Waals surface area contributed by atoms with Gasteiger partial charge in [0.25, 0.3) is 5.91 Å². The number of carbonyl (C=O) groups is 3. The number of aryl methyl sites for hydroxylation is 1. The largest absolute Gasteiger partial charge is 0.493 e. The number of thiophene rings is 1. The number of hydrogen-bond donors (Lipinski definition) is 2. The van der Waals surface area contributed by atoms with E-state index in [-0.39, 0.29) is 18.4 Å². The number of hydrogen-bond acceptors (Lipinski definition) is 6. The van der Waals surface area contributed by atoms with Gasteiger partial charge in [-0.1, -0.05) is 29.8 Å². The highest BCUT2D eigenvalue weighted by molar-refractivity contribution is 7.12. The maximum Gasteiger partial charge on any atom is 0.261 e. The summed E-state index contributed by atoms with van der Waals surface area (Å²) in [5.74, 6) is -0.252. The lowest BCUT2D eigenvalue weighted by molar-refractivity contribution is -0.127. The van der Waals surface area contributed by atoms with Crippen LogP contribution in [0.5, 0.6) is 11.5 Å². The van der Waals surface area contributed by atoms with Gasteiger partial charge in [0.05, 0.1) is 25.6 Å². The van der Waals surface area contributed by atoms with E-state index in [2.05, 4.69) is 10.6 Å². The average Bonchev–Trinajstić information content (AvgIpc) is 3.40. The molecule has 2 N–H and O–H groups in total. The number of amides is 3. The Morgan fingerprint density at radius 2 is 1.65 bits per heavy atom. The lowest BCUT2D eigenvalue weighted by Crippen LogP contribution is -2.51. The first kappa shape index (κ1) is 27.7. The molecular weight excluding hydrogens is 490 g/mol. The Bertz CT molecular complexity index is 1230. The number of carbonyl (C=O) groups excluding carboxylic acids is 3. The number of anilines is 1. The van der Waals surface area contributed by atoms with Crippen molar-refractivity contribution in [2.24, 2.45) is 0 Å². The lowest BCUT2D eigenvalue weighted by Gasteiger charge is -2.34. The standard InChI is InChI=1S/C28H33N3O5S/c1-18-9-12-20(13-10-18)31(24(32)17-29-26(33)23-8-7-15-37-23)25(27(34)30-28(2,3)4)19-11-14-21(35-5)22(16-19)36-6/h7-16,25H,17H2,1-6H3,(H,29,33)(H,30,34)/t25-/m1/s1. The van der Waals surface area contributed by atoms with Crippen LogP contribution in [-0.2, 0) is 9.59 Å². The van der Waals surface area contributed by atoms with Crippen LogP contribution in [0.25, 0.3) is 0 Å². The molecule has 0 bridgehead atoms. The van der Waals surface area contributed by atoms with Crippen molar-refractivity contribution in [2.45, 2.75) is 39.3 Å². The number of rotatable bonds is 9. The first-order valence-corrected chi connectivity index (χ1v) is 12.7. The van der Waals surface area contributed by atoms with Crippen molar-refractivity contribution in [1.29, 1.82) is 0 Å². The van der Waals surface area contributed by atoms with Crippen molar-refractivity contribution in [3.05, 3.63) is 76.0 Å². The number of nitrogens with zero attached hydrogens (tertiary/aromatic N) is 1. The van der Waals surface area contributed by atoms with Gasteiger partial charge in [-0.25, -0.2) is 0 Å². The summed E-state index contributed by atoms with van der Waals surface area (Å²) in [6, 6.07) is 14.8. The minimum absolute atomic E-state index is 0.294. The number of methoxy groups -OCH3 is 2. The summed E-state index contributed by atoms with van der Waals surface area (Å²) in [7, 11) is 3.04. The molecule has 0 saturated heterocycles. The molecule has 1 aromatic heterocycles. The molecule has 8 nitrogen and oxygen atoms in total. The van der Waals surface area contributed by atoms with Gasteiger partial charge in [0.1, 0.15) is 6.04 Å². The Morgan fingerprint density at radius 3 is 2.22 bits per heavy atom. The molecule has 2 aromatic carbocycles. The first-order valence-electron chi connectivity index (χ1n) is 11.8. The molecule has 196 valence electrons. The molecule has 0 radical (unpaired) electrons. The Kier molecular flexibility index (Phi) is 8.94. The Balaban J connectivity index is 2.08. The van der Waals surface area contributed by atoms with E-state index in [1.54, 1.807) is 47.8 Å². The van der Waals surface area contributed by atoms with E-state index in [4.69, 9.17) is 9.47 Å². The Labute approximate surface area is 221 Å². The van der Waals surface area contributed by atoms with Crippen LogP contribution in [0.2, 0.25) is 0 Å². The topological polar surface area (TPSA) is 97.0 Å². The van der Waals surface area contributed by atoms with Gasteiger partial charge in [-0.2, -0.15) is 0 Å². The van der Waals surface area contributed by atoms with Crippen molar-refractivity contribution >= 4 is 34.7 Å². The van der Waals surface area contributed by atoms with Gasteiger partial charge >= 0.3 is 0 Å². The number of nitrogens with one attached hydrogen (secondary N) is 2. The Hall–Kier alpha value is -3.85. The van der Waals surface area contributed by atoms with E-state index in [0.29, 0.717) is 27.6 Å². The summed E-state index contributed by atoms with van der Waals surface area (Å²) < 4.78 is 10.8. The highest BCUT2D eigenvalue weighted by Crippen LogP contribution is 2.35. The monoisotopic (exact) mass is 523 g/mol. The summed E-state index contributed by atoms with van der Waals surface area (Å²) in [6.07, 6.45) is 0. The zero-order chi connectivity index (χ0) is 27.2. The molecule has 0 spiro atoms. The summed E-state index contributed by atoms with van der Waals surface area (Å²) in [5, 5.41) is 7.47. The summed E-state index contributed by atoms with van der Waals surface area (Å²) >= 11 is 1.28. The van der Waals surface area contributed by atoms with Crippen LogP contribution in [0.3, 0.4) is 0 Å². The second-order valence-electron chi connectivity index (χ2n) is 9.52. The van der Waals surface area contributed by atoms with E-state index in [1.807, 2.05) is 39.8 Å². The van der Waals surface area contributed by atoms with Crippen molar-refractivity contribution in [1.82, 2.24) is 10.6 Å². The lowest BCUT2D eigenvalue weighted by atomic mass is 10.00. The van der Waals surface area contributed by atoms with Gasteiger partial charge in [-0.15, -0.1) is 11.3 Å². The van der Waals surface area contributed by atoms with Crippen LogP contribution >= 0.6 is 11.3 Å². The SMILES string of the molecule is COc1ccc([C@H](C(=O)NC(C)(C)C)N(C(=O)CNC(=O)c2cccs2)c2ccc(C)cc2)cc1OC. The van der Waals surface area contributed by atoms with Crippen molar-refractivity contribution in [3.63, 3.8) is 0 Å². The molecule has 0 saturated carbocycles. The average molecular weight is 524 g/mol. The highest BCUT2D eigenvalue weighted by atomic mass is 32.1. The van der Waals surface area contributed by atoms with Gasteiger partial charge in [0.15, 0.2) is 11.5 Å². The quantitative estimate of drug-likeness (QED) is 0.431. The normalized spacial score (nSPS) is 11.8. The van der Waals surface area contributed by atoms with Crippen LogP contribution in [-0.4, -0.2) is 44.0 Å². The summed E-state index contributed by atoms with van der Waals surface area (Å²) in [4.78, 5) is 42.0. The van der Waals surface area contributed by atoms with E-state index < -0.39 is 17.5 Å². The van der Waals surface area contributed by atoms with Crippen molar-refractivity contribution in [3.8, 4) is 11.5 Å². The smallest absolute Gasteiger partial charge is 0.261 e. The van der Waals surface area contributed by atoms with Crippen LogP contribution < -0.4 is 25.0 Å². The van der Waals surface area contributed by atoms with Gasteiger partial charge in [0.2, 0.25) is 11.8 Å². The van der Waals surface area contributed by atoms with Gasteiger partial charge < -0.3 is 20.1 Å². The fourth-order valence-corrected chi connectivity index (χ4v) is 4.40. The molecule has 3 rings (SSSR count). The third-order valence-corrected chi connectivity index (χ3v) is 6.32. The van der Waals surface area contributed by atoms with Crippen LogP contribution in [0.4, 0.5) is 5.69 Å². The van der Waals surface area contributed by atoms with E-state index in [0.717, 1.165) is 5.56 Å². The second kappa shape index (κ2) is 11.9. The molecule has 0 fully saturated rings. The van der Waals surface area contributed by atoms with E-state index in [9.17, 15) is 14.4 Å². The van der Waals surface area contributed by atoms with Gasteiger partial charge in [-0.05, 0) is 69.0 Å². The molecule has 0 aliphatic heterocycles. The summed E-state index contributed by atoms with van der Waals surface area (Å²) in [5.41, 5.74) is 1.49. The molecule has 0 unspecified atom stereocenters. The predicted octanol–water partition coefficient (Wildman–Crippen LogP) is 4.49. The molecule has 3 aromatic rings. The zero-order valence-electron chi connectivity index (χ0n) is 22.0. The van der Waals surface area contributed by atoms with E-state index >= 15 is 0 Å². The Morgan fingerprint density at radius 1 is 0.973 bits per heavy atom. The number of ether oxygens (including phenoxy) is 2. The van der Waals surface area contributed by atoms with Gasteiger partial charge in [0, 0.05) is 11.2 Å². The van der Waals surface area contributed by atoms with Crippen LogP contribution in [0, 0.1) is 6.92 Å². The third kappa shape index (κ3) is 7.10. The second-order valence-corrected chi connectivity index (χ2v) is 10.5. The maximum atomic E-state index is 13.8. The minimum atomic E-state index is -1.05. The molecule has 0 aliphatic rings. The molecule has 1 atom stereocenters. The minimum Gasteiger partial charge on any atom is -0.493 e. The predicted molar refractivity (Wildman–Crippen MR) is 145 cm³/mol. The van der Waals surface area contributed by atoms with Crippen molar-refractivity contribution < 1.29 is 23.9 Å². The molecule has 3 amide bonds. The highest BCUT2D eigenvalue weighted by Gasteiger charge is 2.35. The van der Waals surface area contributed by atoms with Crippen molar-refractivity contribution in [2.75, 3.05) is 25.7 Å². The molecular formula is C28H33N3O5S. The zero-order valence-corrected chi connectivity index (χ0v) is 22.8. The van der Waals surface area contributed by atoms with E-state index in [1.165, 1.54) is 30.5 Å². The van der Waals surface area contributed by atoms with Crippen LogP contribution in [0.15, 0.2) is 60.0 Å². The third-order valence-electron chi connectivity index (χ3n) is 5.45. The van der Waals surface area contributed by atoms with Crippen LogP contribution in [0.1, 0.15) is 47.6 Å². The van der Waals surface area contributed by atoms with Gasteiger partial charge in [-0.3, -0.25) is 19.3 Å².